The van der Waals surface area contributed by atoms with Crippen LogP contribution in [0.2, 0.25) is 0 Å². The van der Waals surface area contributed by atoms with E-state index >= 15 is 0 Å². The molecule has 1 aliphatic carbocycles. The Labute approximate surface area is 152 Å². The molecule has 8 heteroatoms. The Bertz CT molecular complexity index is 910. The van der Waals surface area contributed by atoms with E-state index in [2.05, 4.69) is 9.88 Å². The molecule has 140 valence electrons. The predicted molar refractivity (Wildman–Crippen MR) is 96.3 cm³/mol. The van der Waals surface area contributed by atoms with Crippen LogP contribution in [0, 0.1) is 0 Å². The summed E-state index contributed by atoms with van der Waals surface area (Å²) in [5.41, 5.74) is 0.616. The van der Waals surface area contributed by atoms with Crippen LogP contribution in [0.15, 0.2) is 27.6 Å². The second-order valence-electron chi connectivity index (χ2n) is 7.14. The largest absolute Gasteiger partial charge is 0.355 e. The number of benzene rings is 1. The van der Waals surface area contributed by atoms with Crippen molar-refractivity contribution in [3.63, 3.8) is 0 Å². The number of carbonyl (C=O) groups excluding carboxylic acids is 1. The van der Waals surface area contributed by atoms with Crippen molar-refractivity contribution >= 4 is 26.9 Å². The highest BCUT2D eigenvalue weighted by Gasteiger charge is 2.27. The van der Waals surface area contributed by atoms with Crippen molar-refractivity contribution in [2.75, 3.05) is 13.1 Å². The third-order valence-electron chi connectivity index (χ3n) is 5.27. The molecule has 7 nitrogen and oxygen atoms in total. The molecule has 1 aliphatic heterocycles. The summed E-state index contributed by atoms with van der Waals surface area (Å²) in [7, 11) is -3.62. The number of aromatic nitrogens is 1. The predicted octanol–water partition coefficient (Wildman–Crippen LogP) is 2.67. The normalized spacial score (nSPS) is 19.3. The molecular weight excluding hydrogens is 354 g/mol. The van der Waals surface area contributed by atoms with Gasteiger partial charge >= 0.3 is 0 Å². The molecule has 0 spiro atoms. The molecule has 0 bridgehead atoms. The molecule has 0 atom stereocenters. The van der Waals surface area contributed by atoms with Gasteiger partial charge in [-0.2, -0.15) is 0 Å². The van der Waals surface area contributed by atoms with Crippen LogP contribution in [0.3, 0.4) is 0 Å². The fraction of sp³-hybridized carbons (Fsp3) is 0.556. The van der Waals surface area contributed by atoms with E-state index in [4.69, 9.17) is 4.52 Å². The molecule has 1 aromatic carbocycles. The lowest BCUT2D eigenvalue weighted by molar-refractivity contribution is 0.0716. The van der Waals surface area contributed by atoms with Crippen LogP contribution in [0.5, 0.6) is 0 Å². The van der Waals surface area contributed by atoms with E-state index in [1.807, 2.05) is 0 Å². The minimum atomic E-state index is -3.62. The summed E-state index contributed by atoms with van der Waals surface area (Å²) < 4.78 is 33.4. The molecule has 1 amide bonds. The first-order valence-corrected chi connectivity index (χ1v) is 10.7. The molecule has 1 saturated heterocycles. The SMILES string of the molecule is O=C(c1noc2ccc(S(=O)(=O)NC3CCCC3)cc12)N1CCCCC1. The van der Waals surface area contributed by atoms with Gasteiger partial charge in [0.25, 0.3) is 5.91 Å². The lowest BCUT2D eigenvalue weighted by Gasteiger charge is -2.25. The zero-order chi connectivity index (χ0) is 18.1. The van der Waals surface area contributed by atoms with E-state index in [0.717, 1.165) is 44.9 Å². The molecule has 1 N–H and O–H groups in total. The molecule has 1 saturated carbocycles. The summed E-state index contributed by atoms with van der Waals surface area (Å²) in [6.45, 7) is 1.41. The van der Waals surface area contributed by atoms with Crippen LogP contribution in [0.25, 0.3) is 11.0 Å². The van der Waals surface area contributed by atoms with E-state index in [1.165, 1.54) is 12.1 Å². The summed E-state index contributed by atoms with van der Waals surface area (Å²) >= 11 is 0. The topological polar surface area (TPSA) is 92.5 Å². The number of nitrogens with zero attached hydrogens (tertiary/aromatic N) is 2. The van der Waals surface area contributed by atoms with Gasteiger partial charge in [-0.15, -0.1) is 0 Å². The van der Waals surface area contributed by atoms with Gasteiger partial charge in [-0.05, 0) is 50.3 Å². The van der Waals surface area contributed by atoms with E-state index in [9.17, 15) is 13.2 Å². The molecule has 0 radical (unpaired) electrons. The van der Waals surface area contributed by atoms with Gasteiger partial charge in [0.05, 0.1) is 10.3 Å². The van der Waals surface area contributed by atoms with E-state index in [-0.39, 0.29) is 22.5 Å². The second kappa shape index (κ2) is 7.00. The Morgan fingerprint density at radius 1 is 1.12 bits per heavy atom. The fourth-order valence-electron chi connectivity index (χ4n) is 3.82. The number of carbonyl (C=O) groups is 1. The Hall–Kier alpha value is -1.93. The number of rotatable bonds is 4. The summed E-state index contributed by atoms with van der Waals surface area (Å²) in [6, 6.07) is 4.56. The van der Waals surface area contributed by atoms with Crippen LogP contribution >= 0.6 is 0 Å². The monoisotopic (exact) mass is 377 g/mol. The van der Waals surface area contributed by atoms with Gasteiger partial charge in [-0.3, -0.25) is 4.79 Å². The van der Waals surface area contributed by atoms with Crippen molar-refractivity contribution in [2.45, 2.75) is 55.9 Å². The average Bonchev–Trinajstić information content (AvgIpc) is 3.30. The van der Waals surface area contributed by atoms with Crippen molar-refractivity contribution in [3.8, 4) is 0 Å². The Balaban J connectivity index is 1.64. The zero-order valence-corrected chi connectivity index (χ0v) is 15.4. The van der Waals surface area contributed by atoms with Crippen molar-refractivity contribution in [1.29, 1.82) is 0 Å². The maximum atomic E-state index is 12.8. The van der Waals surface area contributed by atoms with Crippen molar-refractivity contribution in [1.82, 2.24) is 14.8 Å². The summed E-state index contributed by atoms with van der Waals surface area (Å²) in [4.78, 5) is 14.7. The maximum absolute atomic E-state index is 12.8. The highest BCUT2D eigenvalue weighted by Crippen LogP contribution is 2.26. The van der Waals surface area contributed by atoms with Gasteiger partial charge in [0, 0.05) is 19.1 Å². The van der Waals surface area contributed by atoms with Gasteiger partial charge in [0.1, 0.15) is 0 Å². The first kappa shape index (κ1) is 17.5. The lowest BCUT2D eigenvalue weighted by atomic mass is 10.1. The average molecular weight is 377 g/mol. The first-order valence-electron chi connectivity index (χ1n) is 9.26. The number of hydrogen-bond donors (Lipinski definition) is 1. The van der Waals surface area contributed by atoms with Crippen LogP contribution in [0.4, 0.5) is 0 Å². The molecule has 2 fully saturated rings. The lowest BCUT2D eigenvalue weighted by Crippen LogP contribution is -2.35. The van der Waals surface area contributed by atoms with Crippen LogP contribution < -0.4 is 4.72 Å². The summed E-state index contributed by atoms with van der Waals surface area (Å²) in [6.07, 6.45) is 6.91. The van der Waals surface area contributed by atoms with Gasteiger partial charge < -0.3 is 9.42 Å². The standard InChI is InChI=1S/C18H23N3O4S/c22-18(21-10-4-1-5-11-21)17-15-12-14(8-9-16(15)25-19-17)26(23,24)20-13-6-2-3-7-13/h8-9,12-13,20H,1-7,10-11H2. The minimum absolute atomic E-state index is 0.00683. The molecule has 1 aromatic heterocycles. The molecule has 26 heavy (non-hydrogen) atoms. The number of sulfonamides is 1. The van der Waals surface area contributed by atoms with Gasteiger partial charge in [0.2, 0.25) is 10.0 Å². The molecule has 0 unspecified atom stereocenters. The number of likely N-dealkylation sites (tertiary alicyclic amines) is 1. The number of amides is 1. The van der Waals surface area contributed by atoms with Crippen LogP contribution in [-0.2, 0) is 10.0 Å². The first-order chi connectivity index (χ1) is 12.5. The molecule has 4 rings (SSSR count). The molecule has 2 aromatic rings. The molecule has 2 heterocycles. The number of nitrogens with one attached hydrogen (secondary N) is 1. The smallest absolute Gasteiger partial charge is 0.276 e. The molecular formula is C18H23N3O4S. The summed E-state index contributed by atoms with van der Waals surface area (Å²) in [5, 5.41) is 4.37. The second-order valence-corrected chi connectivity index (χ2v) is 8.86. The molecule has 2 aliphatic rings. The third-order valence-corrected chi connectivity index (χ3v) is 6.79. The van der Waals surface area contributed by atoms with Crippen molar-refractivity contribution < 1.29 is 17.7 Å². The maximum Gasteiger partial charge on any atom is 0.276 e. The Kier molecular flexibility index (Phi) is 4.71. The van der Waals surface area contributed by atoms with E-state index in [0.29, 0.717) is 24.1 Å². The Morgan fingerprint density at radius 2 is 1.85 bits per heavy atom. The van der Waals surface area contributed by atoms with Crippen molar-refractivity contribution in [2.24, 2.45) is 0 Å². The van der Waals surface area contributed by atoms with Crippen LogP contribution in [-0.4, -0.2) is 43.5 Å². The fourth-order valence-corrected chi connectivity index (χ4v) is 5.15. The van der Waals surface area contributed by atoms with Gasteiger partial charge in [-0.25, -0.2) is 13.1 Å². The van der Waals surface area contributed by atoms with Crippen molar-refractivity contribution in [3.05, 3.63) is 23.9 Å². The zero-order valence-electron chi connectivity index (χ0n) is 14.6. The summed E-state index contributed by atoms with van der Waals surface area (Å²) in [5.74, 6) is -0.193. The third kappa shape index (κ3) is 3.35. The Morgan fingerprint density at radius 3 is 2.58 bits per heavy atom. The highest BCUT2D eigenvalue weighted by atomic mass is 32.2. The quantitative estimate of drug-likeness (QED) is 0.884. The van der Waals surface area contributed by atoms with Crippen LogP contribution in [0.1, 0.15) is 55.4 Å². The number of hydrogen-bond acceptors (Lipinski definition) is 5. The van der Waals surface area contributed by atoms with E-state index < -0.39 is 10.0 Å². The number of fused-ring (bicyclic) bond motifs is 1. The number of piperidine rings is 1. The van der Waals surface area contributed by atoms with Gasteiger partial charge in [0.15, 0.2) is 11.3 Å². The highest BCUT2D eigenvalue weighted by molar-refractivity contribution is 7.89. The van der Waals surface area contributed by atoms with Gasteiger partial charge in [-0.1, -0.05) is 18.0 Å². The van der Waals surface area contributed by atoms with E-state index in [1.54, 1.807) is 11.0 Å². The minimum Gasteiger partial charge on any atom is -0.355 e.